The minimum absolute atomic E-state index is 0.237. The van der Waals surface area contributed by atoms with Crippen LogP contribution in [0.15, 0.2) is 18.2 Å². The number of hydrogen-bond donors (Lipinski definition) is 1. The lowest BCUT2D eigenvalue weighted by molar-refractivity contribution is 0.500. The quantitative estimate of drug-likeness (QED) is 0.892. The Morgan fingerprint density at radius 2 is 1.94 bits per heavy atom. The van der Waals surface area contributed by atoms with Gasteiger partial charge in [0.05, 0.1) is 0 Å². The summed E-state index contributed by atoms with van der Waals surface area (Å²) in [7, 11) is 0. The summed E-state index contributed by atoms with van der Waals surface area (Å²) in [6.45, 7) is 0.309. The molecule has 0 aliphatic rings. The molecule has 2 aromatic rings. The summed E-state index contributed by atoms with van der Waals surface area (Å²) in [6, 6.07) is 4.09. The molecule has 0 saturated heterocycles. The lowest BCUT2D eigenvalue weighted by Crippen LogP contribution is -1.95. The van der Waals surface area contributed by atoms with Crippen LogP contribution in [0.25, 0.3) is 0 Å². The number of nitrogens with zero attached hydrogens (tertiary/aromatic N) is 2. The highest BCUT2D eigenvalue weighted by Gasteiger charge is 2.10. The van der Waals surface area contributed by atoms with E-state index < -0.39 is 11.6 Å². The second-order valence-corrected chi connectivity index (χ2v) is 4.33. The van der Waals surface area contributed by atoms with Gasteiger partial charge in [0.1, 0.15) is 10.0 Å². The minimum Gasteiger partial charge on any atom is -0.324 e. The zero-order chi connectivity index (χ0) is 11.5. The van der Waals surface area contributed by atoms with Crippen LogP contribution in [0.5, 0.6) is 0 Å². The van der Waals surface area contributed by atoms with Crippen molar-refractivity contribution in [1.82, 2.24) is 10.2 Å². The number of aromatic nitrogens is 2. The molecule has 1 aromatic carbocycles. The van der Waals surface area contributed by atoms with Gasteiger partial charge in [0.15, 0.2) is 11.6 Å². The summed E-state index contributed by atoms with van der Waals surface area (Å²) in [5.41, 5.74) is 5.66. The van der Waals surface area contributed by atoms with Gasteiger partial charge in [-0.3, -0.25) is 0 Å². The maximum atomic E-state index is 13.3. The van der Waals surface area contributed by atoms with Crippen molar-refractivity contribution in [3.63, 3.8) is 0 Å². The Morgan fingerprint density at radius 1 is 1.19 bits per heavy atom. The first-order chi connectivity index (χ1) is 7.70. The van der Waals surface area contributed by atoms with Gasteiger partial charge in [0.2, 0.25) is 0 Å². The van der Waals surface area contributed by atoms with Crippen LogP contribution < -0.4 is 5.73 Å². The van der Waals surface area contributed by atoms with E-state index in [-0.39, 0.29) is 12.0 Å². The van der Waals surface area contributed by atoms with Crippen LogP contribution in [0.3, 0.4) is 0 Å². The molecule has 0 saturated carbocycles. The molecule has 0 amide bonds. The van der Waals surface area contributed by atoms with Crippen molar-refractivity contribution in [2.75, 3.05) is 0 Å². The van der Waals surface area contributed by atoms with E-state index in [0.29, 0.717) is 16.6 Å². The number of hydrogen-bond acceptors (Lipinski definition) is 4. The fourth-order valence-electron chi connectivity index (χ4n) is 1.29. The normalized spacial score (nSPS) is 10.7. The smallest absolute Gasteiger partial charge is 0.162 e. The lowest BCUT2D eigenvalue weighted by Gasteiger charge is -2.00. The largest absolute Gasteiger partial charge is 0.324 e. The Hall–Kier alpha value is -1.40. The summed E-state index contributed by atoms with van der Waals surface area (Å²) in [5, 5.41) is 8.98. The highest BCUT2D eigenvalue weighted by molar-refractivity contribution is 7.11. The molecule has 3 nitrogen and oxygen atoms in total. The molecular weight excluding hydrogens is 232 g/mol. The van der Waals surface area contributed by atoms with Crippen LogP contribution >= 0.6 is 11.3 Å². The van der Waals surface area contributed by atoms with Crippen molar-refractivity contribution in [3.05, 3.63) is 45.4 Å². The first-order valence-corrected chi connectivity index (χ1v) is 5.46. The van der Waals surface area contributed by atoms with Crippen LogP contribution in [0.4, 0.5) is 8.78 Å². The van der Waals surface area contributed by atoms with Gasteiger partial charge in [-0.05, 0) is 11.6 Å². The van der Waals surface area contributed by atoms with E-state index in [1.165, 1.54) is 23.5 Å². The molecule has 6 heteroatoms. The maximum Gasteiger partial charge on any atom is 0.162 e. The molecule has 0 unspecified atom stereocenters. The fraction of sp³-hybridized carbons (Fsp3) is 0.200. The van der Waals surface area contributed by atoms with Crippen LogP contribution in [0.2, 0.25) is 0 Å². The third-order valence-electron chi connectivity index (χ3n) is 2.06. The lowest BCUT2D eigenvalue weighted by atomic mass is 10.1. The van der Waals surface area contributed by atoms with E-state index >= 15 is 0 Å². The van der Waals surface area contributed by atoms with Gasteiger partial charge >= 0.3 is 0 Å². The summed E-state index contributed by atoms with van der Waals surface area (Å²) in [4.78, 5) is 0. The summed E-state index contributed by atoms with van der Waals surface area (Å²) < 4.78 is 26.3. The Kier molecular flexibility index (Phi) is 3.21. The van der Waals surface area contributed by atoms with Crippen molar-refractivity contribution in [2.24, 2.45) is 5.73 Å². The predicted octanol–water partition coefficient (Wildman–Crippen LogP) is 1.87. The third kappa shape index (κ3) is 2.23. The van der Waals surface area contributed by atoms with Gasteiger partial charge in [-0.1, -0.05) is 23.5 Å². The molecule has 0 aliphatic carbocycles. The van der Waals surface area contributed by atoms with Gasteiger partial charge < -0.3 is 5.73 Å². The molecule has 0 bridgehead atoms. The first kappa shape index (κ1) is 11.1. The van der Waals surface area contributed by atoms with E-state index in [0.717, 1.165) is 6.07 Å². The summed E-state index contributed by atoms with van der Waals surface area (Å²) in [5.74, 6) is -1.67. The zero-order valence-electron chi connectivity index (χ0n) is 8.28. The van der Waals surface area contributed by atoms with E-state index in [2.05, 4.69) is 10.2 Å². The summed E-state index contributed by atoms with van der Waals surface area (Å²) >= 11 is 1.31. The average molecular weight is 241 g/mol. The highest BCUT2D eigenvalue weighted by Crippen LogP contribution is 2.18. The van der Waals surface area contributed by atoms with Gasteiger partial charge in [-0.2, -0.15) is 0 Å². The maximum absolute atomic E-state index is 13.3. The van der Waals surface area contributed by atoms with E-state index in [4.69, 9.17) is 5.73 Å². The van der Waals surface area contributed by atoms with Crippen molar-refractivity contribution < 1.29 is 8.78 Å². The molecule has 84 valence electrons. The topological polar surface area (TPSA) is 51.8 Å². The number of rotatable bonds is 3. The van der Waals surface area contributed by atoms with Crippen LogP contribution in [0, 0.1) is 11.6 Å². The van der Waals surface area contributed by atoms with E-state index in [1.54, 1.807) is 0 Å². The Morgan fingerprint density at radius 3 is 2.62 bits per heavy atom. The second kappa shape index (κ2) is 4.63. The number of halogens is 2. The number of benzene rings is 1. The van der Waals surface area contributed by atoms with Crippen molar-refractivity contribution in [1.29, 1.82) is 0 Å². The third-order valence-corrected chi connectivity index (χ3v) is 3.00. The van der Waals surface area contributed by atoms with Crippen LogP contribution in [0.1, 0.15) is 15.6 Å². The monoisotopic (exact) mass is 241 g/mol. The van der Waals surface area contributed by atoms with Crippen molar-refractivity contribution in [2.45, 2.75) is 13.0 Å². The zero-order valence-corrected chi connectivity index (χ0v) is 9.10. The Labute approximate surface area is 94.9 Å². The fourth-order valence-corrected chi connectivity index (χ4v) is 2.04. The van der Waals surface area contributed by atoms with Gasteiger partial charge in [-0.25, -0.2) is 8.78 Å². The Balaban J connectivity index is 2.23. The van der Waals surface area contributed by atoms with E-state index in [1.807, 2.05) is 0 Å². The molecule has 0 radical (unpaired) electrons. The molecule has 2 N–H and O–H groups in total. The van der Waals surface area contributed by atoms with Gasteiger partial charge in [-0.15, -0.1) is 10.2 Å². The molecule has 1 heterocycles. The summed E-state index contributed by atoms with van der Waals surface area (Å²) in [6.07, 6.45) is 0.237. The first-order valence-electron chi connectivity index (χ1n) is 4.65. The van der Waals surface area contributed by atoms with Gasteiger partial charge in [0, 0.05) is 13.0 Å². The molecule has 1 aromatic heterocycles. The molecule has 2 rings (SSSR count). The molecule has 0 aliphatic heterocycles. The average Bonchev–Trinajstić information content (AvgIpc) is 2.73. The second-order valence-electron chi connectivity index (χ2n) is 3.18. The predicted molar refractivity (Wildman–Crippen MR) is 57.0 cm³/mol. The molecule has 16 heavy (non-hydrogen) atoms. The number of nitrogens with two attached hydrogens (primary N) is 1. The standard InChI is InChI=1S/C10H9F2N3S/c11-7-3-1-2-6(10(7)12)4-8-14-15-9(5-13)16-8/h1-3H,4-5,13H2. The van der Waals surface area contributed by atoms with Crippen molar-refractivity contribution >= 4 is 11.3 Å². The van der Waals surface area contributed by atoms with Crippen LogP contribution in [-0.2, 0) is 13.0 Å². The molecule has 0 spiro atoms. The molecule has 0 atom stereocenters. The minimum atomic E-state index is -0.846. The molecular formula is C10H9F2N3S. The Bertz CT molecular complexity index is 499. The van der Waals surface area contributed by atoms with Crippen molar-refractivity contribution in [3.8, 4) is 0 Å². The molecule has 0 fully saturated rings. The van der Waals surface area contributed by atoms with Crippen LogP contribution in [-0.4, -0.2) is 10.2 Å². The van der Waals surface area contributed by atoms with E-state index in [9.17, 15) is 8.78 Å². The van der Waals surface area contributed by atoms with Gasteiger partial charge in [0.25, 0.3) is 0 Å². The highest BCUT2D eigenvalue weighted by atomic mass is 32.1. The SMILES string of the molecule is NCc1nnc(Cc2cccc(F)c2F)s1.